The first-order chi connectivity index (χ1) is 14.9. The van der Waals surface area contributed by atoms with Gasteiger partial charge >= 0.3 is 0 Å². The van der Waals surface area contributed by atoms with Gasteiger partial charge in [0.15, 0.2) is 16.3 Å². The first-order valence-corrected chi connectivity index (χ1v) is 11.0. The van der Waals surface area contributed by atoms with Crippen LogP contribution in [0, 0.1) is 6.92 Å². The molecule has 8 heteroatoms. The summed E-state index contributed by atoms with van der Waals surface area (Å²) in [6, 6.07) is 15.7. The van der Waals surface area contributed by atoms with Gasteiger partial charge in [-0.15, -0.1) is 0 Å². The highest BCUT2D eigenvalue weighted by atomic mass is 32.2. The molecule has 31 heavy (non-hydrogen) atoms. The van der Waals surface area contributed by atoms with E-state index in [-0.39, 0.29) is 22.7 Å². The van der Waals surface area contributed by atoms with E-state index in [0.29, 0.717) is 16.7 Å². The van der Waals surface area contributed by atoms with Crippen molar-refractivity contribution >= 4 is 34.5 Å². The van der Waals surface area contributed by atoms with Crippen molar-refractivity contribution in [2.75, 3.05) is 11.1 Å². The van der Waals surface area contributed by atoms with Gasteiger partial charge in [-0.1, -0.05) is 55.4 Å². The number of amides is 1. The molecule has 4 aromatic rings. The maximum Gasteiger partial charge on any atom is 0.278 e. The number of aromatic nitrogens is 4. The highest BCUT2D eigenvalue weighted by molar-refractivity contribution is 7.99. The van der Waals surface area contributed by atoms with Crippen LogP contribution in [-0.2, 0) is 4.79 Å². The summed E-state index contributed by atoms with van der Waals surface area (Å²) >= 11 is 1.26. The normalized spacial score (nSPS) is 11.2. The van der Waals surface area contributed by atoms with Gasteiger partial charge in [-0.05, 0) is 42.7 Å². The largest absolute Gasteiger partial charge is 0.325 e. The van der Waals surface area contributed by atoms with Gasteiger partial charge in [0.25, 0.3) is 5.56 Å². The molecule has 2 aromatic heterocycles. The molecule has 2 N–H and O–H groups in total. The number of rotatable bonds is 6. The Bertz CT molecular complexity index is 1270. The zero-order valence-electron chi connectivity index (χ0n) is 17.5. The number of benzene rings is 2. The predicted octanol–water partition coefficient (Wildman–Crippen LogP) is 4.27. The van der Waals surface area contributed by atoms with E-state index in [9.17, 15) is 9.59 Å². The Hall–Kier alpha value is -3.39. The molecule has 0 spiro atoms. The lowest BCUT2D eigenvalue weighted by molar-refractivity contribution is -0.113. The van der Waals surface area contributed by atoms with Crippen LogP contribution in [0.3, 0.4) is 0 Å². The summed E-state index contributed by atoms with van der Waals surface area (Å²) in [6.07, 6.45) is 1.36. The number of fused-ring (bicyclic) bond motifs is 1. The molecular formula is C23H23N5O2S. The Balaban J connectivity index is 1.57. The standard InChI is InChI=1S/C23H23N5O2S/c1-14(2)16-6-8-17(9-7-16)26-19(29)12-31-23-27-20-21(24-13-25-22(20)30)28(23)18-10-4-15(3)5-11-18/h4-11,13-14H,12H2,1-3H3,(H,26,29)(H,24,25,30). The Morgan fingerprint density at radius 2 is 1.84 bits per heavy atom. The number of anilines is 1. The second kappa shape index (κ2) is 8.77. The van der Waals surface area contributed by atoms with Crippen molar-refractivity contribution in [2.45, 2.75) is 31.8 Å². The molecule has 0 aliphatic rings. The minimum Gasteiger partial charge on any atom is -0.325 e. The van der Waals surface area contributed by atoms with Gasteiger partial charge < -0.3 is 10.3 Å². The van der Waals surface area contributed by atoms with Crippen LogP contribution in [0.25, 0.3) is 16.9 Å². The summed E-state index contributed by atoms with van der Waals surface area (Å²) in [4.78, 5) is 36.1. The number of hydrogen-bond acceptors (Lipinski definition) is 5. The molecule has 158 valence electrons. The van der Waals surface area contributed by atoms with Crippen LogP contribution in [0.4, 0.5) is 5.69 Å². The summed E-state index contributed by atoms with van der Waals surface area (Å²) in [6.45, 7) is 6.26. The van der Waals surface area contributed by atoms with E-state index in [1.807, 2.05) is 55.5 Å². The Kier molecular flexibility index (Phi) is 5.90. The first-order valence-electron chi connectivity index (χ1n) is 9.98. The Labute approximate surface area is 183 Å². The fraction of sp³-hybridized carbons (Fsp3) is 0.217. The molecule has 0 atom stereocenters. The van der Waals surface area contributed by atoms with E-state index in [1.165, 1.54) is 23.7 Å². The van der Waals surface area contributed by atoms with Gasteiger partial charge in [0, 0.05) is 11.4 Å². The zero-order valence-corrected chi connectivity index (χ0v) is 18.4. The molecule has 0 saturated heterocycles. The molecule has 0 unspecified atom stereocenters. The highest BCUT2D eigenvalue weighted by Gasteiger charge is 2.17. The van der Waals surface area contributed by atoms with Gasteiger partial charge in [0.2, 0.25) is 5.91 Å². The number of nitrogens with zero attached hydrogens (tertiary/aromatic N) is 3. The third kappa shape index (κ3) is 4.54. The number of aromatic amines is 1. The minimum atomic E-state index is -0.313. The maximum absolute atomic E-state index is 12.5. The van der Waals surface area contributed by atoms with Gasteiger partial charge in [-0.2, -0.15) is 0 Å². The van der Waals surface area contributed by atoms with Crippen molar-refractivity contribution in [3.05, 3.63) is 76.3 Å². The number of nitrogens with one attached hydrogen (secondary N) is 2. The summed E-state index contributed by atoms with van der Waals surface area (Å²) in [5, 5.41) is 3.45. The number of thioether (sulfide) groups is 1. The van der Waals surface area contributed by atoms with Crippen molar-refractivity contribution in [1.82, 2.24) is 19.5 Å². The number of aryl methyl sites for hydroxylation is 1. The van der Waals surface area contributed by atoms with E-state index in [4.69, 9.17) is 0 Å². The van der Waals surface area contributed by atoms with Crippen LogP contribution in [0.5, 0.6) is 0 Å². The molecule has 0 saturated carbocycles. The summed E-state index contributed by atoms with van der Waals surface area (Å²) in [7, 11) is 0. The average molecular weight is 434 g/mol. The van der Waals surface area contributed by atoms with Crippen LogP contribution in [0.15, 0.2) is 64.8 Å². The smallest absolute Gasteiger partial charge is 0.278 e. The molecule has 0 bridgehead atoms. The maximum atomic E-state index is 12.5. The lowest BCUT2D eigenvalue weighted by atomic mass is 10.0. The van der Waals surface area contributed by atoms with Crippen molar-refractivity contribution in [1.29, 1.82) is 0 Å². The van der Waals surface area contributed by atoms with E-state index >= 15 is 0 Å². The number of imidazole rings is 1. The highest BCUT2D eigenvalue weighted by Crippen LogP contribution is 2.26. The van der Waals surface area contributed by atoms with Gasteiger partial charge in [0.1, 0.15) is 0 Å². The molecule has 7 nitrogen and oxygen atoms in total. The summed E-state index contributed by atoms with van der Waals surface area (Å²) in [5.74, 6) is 0.442. The van der Waals surface area contributed by atoms with Crippen LogP contribution in [0.1, 0.15) is 30.9 Å². The van der Waals surface area contributed by atoms with E-state index in [2.05, 4.69) is 34.1 Å². The van der Waals surface area contributed by atoms with E-state index in [0.717, 1.165) is 16.9 Å². The number of hydrogen-bond donors (Lipinski definition) is 2. The van der Waals surface area contributed by atoms with Gasteiger partial charge in [-0.3, -0.25) is 14.2 Å². The van der Waals surface area contributed by atoms with Crippen molar-refractivity contribution in [2.24, 2.45) is 0 Å². The molecule has 4 rings (SSSR count). The minimum absolute atomic E-state index is 0.147. The third-order valence-electron chi connectivity index (χ3n) is 4.91. The molecule has 0 fully saturated rings. The Morgan fingerprint density at radius 3 is 2.52 bits per heavy atom. The SMILES string of the molecule is Cc1ccc(-n2c(SCC(=O)Nc3ccc(C(C)C)cc3)nc3c(=O)[nH]cnc32)cc1. The topological polar surface area (TPSA) is 92.7 Å². The van der Waals surface area contributed by atoms with Crippen LogP contribution in [-0.4, -0.2) is 31.2 Å². The lowest BCUT2D eigenvalue weighted by Crippen LogP contribution is -2.14. The van der Waals surface area contributed by atoms with Gasteiger partial charge in [0.05, 0.1) is 12.1 Å². The predicted molar refractivity (Wildman–Crippen MR) is 124 cm³/mol. The third-order valence-corrected chi connectivity index (χ3v) is 5.84. The zero-order chi connectivity index (χ0) is 22.0. The number of carbonyl (C=O) groups is 1. The molecule has 0 aliphatic carbocycles. The van der Waals surface area contributed by atoms with Crippen LogP contribution >= 0.6 is 11.8 Å². The van der Waals surface area contributed by atoms with Crippen LogP contribution < -0.4 is 10.9 Å². The summed E-state index contributed by atoms with van der Waals surface area (Å²) < 4.78 is 1.80. The molecular weight excluding hydrogens is 410 g/mol. The van der Waals surface area contributed by atoms with Crippen molar-refractivity contribution in [3.63, 3.8) is 0 Å². The van der Waals surface area contributed by atoms with Gasteiger partial charge in [-0.25, -0.2) is 9.97 Å². The van der Waals surface area contributed by atoms with Crippen molar-refractivity contribution in [3.8, 4) is 5.69 Å². The second-order valence-corrected chi connectivity index (χ2v) is 8.53. The summed E-state index contributed by atoms with van der Waals surface area (Å²) in [5.41, 5.74) is 4.31. The average Bonchev–Trinajstić information content (AvgIpc) is 3.13. The fourth-order valence-electron chi connectivity index (χ4n) is 3.19. The molecule has 2 heterocycles. The lowest BCUT2D eigenvalue weighted by Gasteiger charge is -2.10. The fourth-order valence-corrected chi connectivity index (χ4v) is 3.99. The van der Waals surface area contributed by atoms with E-state index in [1.54, 1.807) is 4.57 Å². The molecule has 1 amide bonds. The quantitative estimate of drug-likeness (QED) is 0.443. The second-order valence-electron chi connectivity index (χ2n) is 7.58. The first kappa shape index (κ1) is 20.9. The molecule has 0 radical (unpaired) electrons. The van der Waals surface area contributed by atoms with E-state index < -0.39 is 0 Å². The molecule has 2 aromatic carbocycles. The number of H-pyrrole nitrogens is 1. The monoisotopic (exact) mass is 433 g/mol. The Morgan fingerprint density at radius 1 is 1.13 bits per heavy atom. The van der Waals surface area contributed by atoms with Crippen molar-refractivity contribution < 1.29 is 4.79 Å². The van der Waals surface area contributed by atoms with Crippen LogP contribution in [0.2, 0.25) is 0 Å². The molecule has 0 aliphatic heterocycles. The number of carbonyl (C=O) groups excluding carboxylic acids is 1.